The third-order valence-corrected chi connectivity index (χ3v) is 3.35. The zero-order valence-electron chi connectivity index (χ0n) is 10.8. The Hall–Kier alpha value is -1.84. The molecular formula is C14H18N2O2. The third kappa shape index (κ3) is 2.53. The second kappa shape index (κ2) is 4.80. The average molecular weight is 246 g/mol. The molecule has 2 rings (SSSR count). The predicted molar refractivity (Wildman–Crippen MR) is 68.6 cm³/mol. The van der Waals surface area contributed by atoms with Crippen molar-refractivity contribution in [2.45, 2.75) is 19.9 Å². The van der Waals surface area contributed by atoms with Crippen LogP contribution in [0.5, 0.6) is 0 Å². The maximum atomic E-state index is 12.4. The Kier molecular flexibility index (Phi) is 3.36. The number of carbonyl (C=O) groups excluding carboxylic acids is 2. The van der Waals surface area contributed by atoms with Gasteiger partial charge in [0.15, 0.2) is 0 Å². The molecule has 0 spiro atoms. The minimum absolute atomic E-state index is 0.0182. The predicted octanol–water partition coefficient (Wildman–Crippen LogP) is 1.17. The molecule has 1 aliphatic heterocycles. The van der Waals surface area contributed by atoms with Gasteiger partial charge in [0.25, 0.3) is 0 Å². The molecule has 1 saturated heterocycles. The van der Waals surface area contributed by atoms with Gasteiger partial charge in [-0.05, 0) is 12.5 Å². The van der Waals surface area contributed by atoms with Gasteiger partial charge in [-0.2, -0.15) is 0 Å². The molecule has 0 radical (unpaired) electrons. The molecule has 0 bridgehead atoms. The van der Waals surface area contributed by atoms with Gasteiger partial charge in [-0.15, -0.1) is 0 Å². The summed E-state index contributed by atoms with van der Waals surface area (Å²) in [6.07, 6.45) is 0.283. The van der Waals surface area contributed by atoms with Crippen molar-refractivity contribution in [3.8, 4) is 0 Å². The Morgan fingerprint density at radius 2 is 2.06 bits per heavy atom. The molecule has 18 heavy (non-hydrogen) atoms. The van der Waals surface area contributed by atoms with E-state index in [4.69, 9.17) is 0 Å². The summed E-state index contributed by atoms with van der Waals surface area (Å²) in [6.45, 7) is 2.85. The van der Waals surface area contributed by atoms with Gasteiger partial charge in [-0.25, -0.2) is 0 Å². The van der Waals surface area contributed by atoms with E-state index in [0.29, 0.717) is 13.1 Å². The first-order valence-electron chi connectivity index (χ1n) is 6.07. The van der Waals surface area contributed by atoms with Crippen LogP contribution >= 0.6 is 0 Å². The summed E-state index contributed by atoms with van der Waals surface area (Å²) >= 11 is 0. The summed E-state index contributed by atoms with van der Waals surface area (Å²) in [5, 5.41) is 2.72. The summed E-state index contributed by atoms with van der Waals surface area (Å²) in [5.74, 6) is -0.0244. The van der Waals surface area contributed by atoms with Crippen molar-refractivity contribution in [3.05, 3.63) is 35.9 Å². The topological polar surface area (TPSA) is 49.4 Å². The van der Waals surface area contributed by atoms with Gasteiger partial charge < -0.3 is 10.2 Å². The van der Waals surface area contributed by atoms with Crippen LogP contribution in [0.4, 0.5) is 0 Å². The Labute approximate surface area is 107 Å². The first-order chi connectivity index (χ1) is 8.51. The van der Waals surface area contributed by atoms with Gasteiger partial charge in [0.1, 0.15) is 0 Å². The highest BCUT2D eigenvalue weighted by Gasteiger charge is 2.42. The molecule has 0 aliphatic carbocycles. The van der Waals surface area contributed by atoms with Crippen molar-refractivity contribution in [2.24, 2.45) is 5.41 Å². The van der Waals surface area contributed by atoms with Gasteiger partial charge in [0.05, 0.1) is 5.41 Å². The quantitative estimate of drug-likeness (QED) is 0.870. The fourth-order valence-electron chi connectivity index (χ4n) is 2.31. The fourth-order valence-corrected chi connectivity index (χ4v) is 2.31. The van der Waals surface area contributed by atoms with Crippen molar-refractivity contribution in [1.29, 1.82) is 0 Å². The summed E-state index contributed by atoms with van der Waals surface area (Å²) < 4.78 is 0. The highest BCUT2D eigenvalue weighted by molar-refractivity contribution is 5.92. The number of nitrogens with one attached hydrogen (secondary N) is 1. The molecular weight excluding hydrogens is 228 g/mol. The first kappa shape index (κ1) is 12.6. The van der Waals surface area contributed by atoms with E-state index in [1.165, 1.54) is 0 Å². The molecule has 1 aliphatic rings. The van der Waals surface area contributed by atoms with E-state index in [-0.39, 0.29) is 18.2 Å². The molecule has 1 aromatic carbocycles. The Morgan fingerprint density at radius 1 is 1.39 bits per heavy atom. The maximum Gasteiger partial charge on any atom is 0.230 e. The number of amides is 2. The highest BCUT2D eigenvalue weighted by Crippen LogP contribution is 2.28. The van der Waals surface area contributed by atoms with Crippen LogP contribution in [0.3, 0.4) is 0 Å². The number of carbonyl (C=O) groups is 2. The minimum Gasteiger partial charge on any atom is -0.355 e. The zero-order chi connectivity index (χ0) is 13.2. The Balaban J connectivity index is 2.03. The van der Waals surface area contributed by atoms with E-state index in [0.717, 1.165) is 5.56 Å². The van der Waals surface area contributed by atoms with Crippen molar-refractivity contribution in [1.82, 2.24) is 10.2 Å². The molecule has 1 N–H and O–H groups in total. The van der Waals surface area contributed by atoms with Crippen molar-refractivity contribution in [3.63, 3.8) is 0 Å². The van der Waals surface area contributed by atoms with Crippen LogP contribution in [0.1, 0.15) is 18.9 Å². The number of rotatable bonds is 3. The summed E-state index contributed by atoms with van der Waals surface area (Å²) in [4.78, 5) is 25.3. The number of nitrogens with zero attached hydrogens (tertiary/aromatic N) is 1. The molecule has 4 heteroatoms. The second-order valence-corrected chi connectivity index (χ2v) is 5.16. The molecule has 1 atom stereocenters. The number of hydrogen-bond acceptors (Lipinski definition) is 2. The molecule has 0 saturated carbocycles. The van der Waals surface area contributed by atoms with Crippen LogP contribution < -0.4 is 5.32 Å². The number of hydrogen-bond donors (Lipinski definition) is 1. The minimum atomic E-state index is -0.597. The normalized spacial score (nSPS) is 22.7. The van der Waals surface area contributed by atoms with E-state index in [2.05, 4.69) is 5.32 Å². The van der Waals surface area contributed by atoms with Crippen LogP contribution in [-0.2, 0) is 16.1 Å². The number of benzene rings is 1. The molecule has 1 heterocycles. The fraction of sp³-hybridized carbons (Fsp3) is 0.429. The molecule has 1 unspecified atom stereocenters. The van der Waals surface area contributed by atoms with Gasteiger partial charge in [-0.1, -0.05) is 30.3 Å². The van der Waals surface area contributed by atoms with E-state index < -0.39 is 5.41 Å². The molecule has 0 aromatic heterocycles. The zero-order valence-corrected chi connectivity index (χ0v) is 10.8. The summed E-state index contributed by atoms with van der Waals surface area (Å²) in [7, 11) is 1.78. The molecule has 1 aromatic rings. The van der Waals surface area contributed by atoms with Crippen LogP contribution in [0.15, 0.2) is 30.3 Å². The lowest BCUT2D eigenvalue weighted by Crippen LogP contribution is -2.41. The van der Waals surface area contributed by atoms with Gasteiger partial charge in [-0.3, -0.25) is 9.59 Å². The monoisotopic (exact) mass is 246 g/mol. The van der Waals surface area contributed by atoms with Gasteiger partial charge in [0.2, 0.25) is 11.8 Å². The lowest BCUT2D eigenvalue weighted by molar-refractivity contribution is -0.140. The van der Waals surface area contributed by atoms with E-state index >= 15 is 0 Å². The van der Waals surface area contributed by atoms with Crippen LogP contribution in [-0.4, -0.2) is 30.3 Å². The SMILES string of the molecule is CN(Cc1ccccc1)C(=O)C1(C)CNC(=O)C1. The maximum absolute atomic E-state index is 12.4. The molecule has 1 fully saturated rings. The Bertz CT molecular complexity index is 458. The summed E-state index contributed by atoms with van der Waals surface area (Å²) in [5.41, 5.74) is 0.495. The Morgan fingerprint density at radius 3 is 2.61 bits per heavy atom. The second-order valence-electron chi connectivity index (χ2n) is 5.16. The first-order valence-corrected chi connectivity index (χ1v) is 6.07. The largest absolute Gasteiger partial charge is 0.355 e. The summed E-state index contributed by atoms with van der Waals surface area (Å²) in [6, 6.07) is 9.84. The van der Waals surface area contributed by atoms with Crippen molar-refractivity contribution >= 4 is 11.8 Å². The van der Waals surface area contributed by atoms with Crippen LogP contribution in [0.2, 0.25) is 0 Å². The van der Waals surface area contributed by atoms with E-state index in [1.807, 2.05) is 37.3 Å². The van der Waals surface area contributed by atoms with Crippen LogP contribution in [0.25, 0.3) is 0 Å². The molecule has 2 amide bonds. The third-order valence-electron chi connectivity index (χ3n) is 3.35. The lowest BCUT2D eigenvalue weighted by Gasteiger charge is -2.27. The van der Waals surface area contributed by atoms with Gasteiger partial charge >= 0.3 is 0 Å². The van der Waals surface area contributed by atoms with Crippen molar-refractivity contribution < 1.29 is 9.59 Å². The van der Waals surface area contributed by atoms with E-state index in [9.17, 15) is 9.59 Å². The average Bonchev–Trinajstić information content (AvgIpc) is 2.71. The van der Waals surface area contributed by atoms with Crippen molar-refractivity contribution in [2.75, 3.05) is 13.6 Å². The van der Waals surface area contributed by atoms with Crippen LogP contribution in [0, 0.1) is 5.41 Å². The highest BCUT2D eigenvalue weighted by atomic mass is 16.2. The molecule has 4 nitrogen and oxygen atoms in total. The smallest absolute Gasteiger partial charge is 0.230 e. The molecule has 96 valence electrons. The van der Waals surface area contributed by atoms with Gasteiger partial charge in [0, 0.05) is 26.6 Å². The lowest BCUT2D eigenvalue weighted by atomic mass is 9.88. The van der Waals surface area contributed by atoms with E-state index in [1.54, 1.807) is 11.9 Å². The standard InChI is InChI=1S/C14H18N2O2/c1-14(8-12(17)15-10-14)13(18)16(2)9-11-6-4-3-5-7-11/h3-7H,8-10H2,1-2H3,(H,15,17).